The molecule has 118 valence electrons. The lowest BCUT2D eigenvalue weighted by Crippen LogP contribution is -2.33. The van der Waals surface area contributed by atoms with Crippen LogP contribution in [0.2, 0.25) is 0 Å². The van der Waals surface area contributed by atoms with Gasteiger partial charge in [0.2, 0.25) is 0 Å². The van der Waals surface area contributed by atoms with Gasteiger partial charge in [-0.2, -0.15) is 5.26 Å². The maximum atomic E-state index is 11.7. The number of ether oxygens (including phenoxy) is 1. The fraction of sp³-hybridized carbons (Fsp3) is 0.300. The van der Waals surface area contributed by atoms with Crippen LogP contribution in [0.1, 0.15) is 35.3 Å². The van der Waals surface area contributed by atoms with Gasteiger partial charge < -0.3 is 4.74 Å². The first-order valence-corrected chi connectivity index (χ1v) is 7.67. The van der Waals surface area contributed by atoms with E-state index in [0.717, 1.165) is 11.1 Å². The number of esters is 1. The van der Waals surface area contributed by atoms with Crippen LogP contribution < -0.4 is 0 Å². The van der Waals surface area contributed by atoms with Gasteiger partial charge >= 0.3 is 5.97 Å². The number of carbonyl (C=O) groups excluding carboxylic acids is 1. The Balaban J connectivity index is 2.44. The molecule has 0 aliphatic carbocycles. The van der Waals surface area contributed by atoms with Gasteiger partial charge in [-0.25, -0.2) is 4.79 Å². The molecule has 0 aliphatic rings. The number of nitriles is 1. The molecule has 0 amide bonds. The van der Waals surface area contributed by atoms with Gasteiger partial charge in [-0.1, -0.05) is 56.3 Å². The monoisotopic (exact) mass is 307 g/mol. The Kier molecular flexibility index (Phi) is 5.18. The van der Waals surface area contributed by atoms with E-state index >= 15 is 0 Å². The third kappa shape index (κ3) is 3.43. The van der Waals surface area contributed by atoms with Crippen molar-refractivity contribution in [2.75, 3.05) is 7.11 Å². The average Bonchev–Trinajstić information content (AvgIpc) is 2.59. The van der Waals surface area contributed by atoms with Crippen LogP contribution in [0.3, 0.4) is 0 Å². The molecule has 0 saturated heterocycles. The standard InChI is InChI=1S/C20H21NO2/c1-15(2)20(14-21,18-10-5-4-6-11-18)13-16-8-7-9-17(12-16)19(22)23-3/h4-12,15H,13H2,1-3H3. The van der Waals surface area contributed by atoms with E-state index in [2.05, 4.69) is 19.9 Å². The van der Waals surface area contributed by atoms with Crippen molar-refractivity contribution in [1.29, 1.82) is 5.26 Å². The molecule has 3 heteroatoms. The van der Waals surface area contributed by atoms with Crippen LogP contribution in [0.4, 0.5) is 0 Å². The van der Waals surface area contributed by atoms with E-state index in [4.69, 9.17) is 4.74 Å². The predicted octanol–water partition coefficient (Wildman–Crippen LogP) is 4.13. The molecule has 0 aliphatic heterocycles. The highest BCUT2D eigenvalue weighted by molar-refractivity contribution is 5.89. The third-order valence-electron chi connectivity index (χ3n) is 4.31. The number of rotatable bonds is 5. The zero-order valence-corrected chi connectivity index (χ0v) is 13.7. The number of hydrogen-bond acceptors (Lipinski definition) is 3. The molecule has 0 radical (unpaired) electrons. The lowest BCUT2D eigenvalue weighted by molar-refractivity contribution is 0.0600. The Hall–Kier alpha value is -2.60. The topological polar surface area (TPSA) is 50.1 Å². The maximum Gasteiger partial charge on any atom is 0.337 e. The smallest absolute Gasteiger partial charge is 0.337 e. The van der Waals surface area contributed by atoms with E-state index in [1.165, 1.54) is 7.11 Å². The van der Waals surface area contributed by atoms with E-state index < -0.39 is 5.41 Å². The van der Waals surface area contributed by atoms with E-state index in [9.17, 15) is 10.1 Å². The van der Waals surface area contributed by atoms with Gasteiger partial charge in [-0.3, -0.25) is 0 Å². The summed E-state index contributed by atoms with van der Waals surface area (Å²) in [4.78, 5) is 11.7. The SMILES string of the molecule is COC(=O)c1cccc(CC(C#N)(c2ccccc2)C(C)C)c1. The minimum absolute atomic E-state index is 0.136. The van der Waals surface area contributed by atoms with E-state index in [1.807, 2.05) is 48.5 Å². The van der Waals surface area contributed by atoms with Crippen LogP contribution in [0, 0.1) is 17.2 Å². The Morgan fingerprint density at radius 1 is 1.17 bits per heavy atom. The lowest BCUT2D eigenvalue weighted by Gasteiger charge is -2.31. The molecule has 0 fully saturated rings. The first-order chi connectivity index (χ1) is 11.0. The highest BCUT2D eigenvalue weighted by Gasteiger charge is 2.36. The van der Waals surface area contributed by atoms with Crippen molar-refractivity contribution in [2.45, 2.75) is 25.7 Å². The van der Waals surface area contributed by atoms with Crippen molar-refractivity contribution in [2.24, 2.45) is 5.92 Å². The summed E-state index contributed by atoms with van der Waals surface area (Å²) < 4.78 is 4.78. The van der Waals surface area contributed by atoms with Crippen molar-refractivity contribution < 1.29 is 9.53 Å². The van der Waals surface area contributed by atoms with Gasteiger partial charge in [0.15, 0.2) is 0 Å². The van der Waals surface area contributed by atoms with Crippen molar-refractivity contribution in [1.82, 2.24) is 0 Å². The summed E-state index contributed by atoms with van der Waals surface area (Å²) in [6, 6.07) is 19.7. The van der Waals surface area contributed by atoms with Gasteiger partial charge in [-0.05, 0) is 35.6 Å². The highest BCUT2D eigenvalue weighted by atomic mass is 16.5. The number of methoxy groups -OCH3 is 1. The molecule has 23 heavy (non-hydrogen) atoms. The summed E-state index contributed by atoms with van der Waals surface area (Å²) >= 11 is 0. The number of carbonyl (C=O) groups is 1. The molecular weight excluding hydrogens is 286 g/mol. The summed E-state index contributed by atoms with van der Waals surface area (Å²) in [6.45, 7) is 4.11. The predicted molar refractivity (Wildman–Crippen MR) is 90.1 cm³/mol. The third-order valence-corrected chi connectivity index (χ3v) is 4.31. The molecular formula is C20H21NO2. The second-order valence-electron chi connectivity index (χ2n) is 5.97. The number of benzene rings is 2. The first kappa shape index (κ1) is 16.8. The molecule has 0 heterocycles. The van der Waals surface area contributed by atoms with Crippen LogP contribution in [0.25, 0.3) is 0 Å². The molecule has 2 aromatic carbocycles. The lowest BCUT2D eigenvalue weighted by atomic mass is 9.69. The normalized spacial score (nSPS) is 13.2. The first-order valence-electron chi connectivity index (χ1n) is 7.67. The van der Waals surface area contributed by atoms with Gasteiger partial charge in [0.1, 0.15) is 0 Å². The molecule has 3 nitrogen and oxygen atoms in total. The average molecular weight is 307 g/mol. The van der Waals surface area contributed by atoms with E-state index in [0.29, 0.717) is 12.0 Å². The Bertz CT molecular complexity index is 716. The fourth-order valence-corrected chi connectivity index (χ4v) is 2.86. The number of hydrogen-bond donors (Lipinski definition) is 0. The second-order valence-corrected chi connectivity index (χ2v) is 5.97. The maximum absolute atomic E-state index is 11.7. The van der Waals surface area contributed by atoms with Gasteiger partial charge in [0.05, 0.1) is 24.2 Å². The summed E-state index contributed by atoms with van der Waals surface area (Å²) in [5, 5.41) is 9.94. The minimum Gasteiger partial charge on any atom is -0.465 e. The summed E-state index contributed by atoms with van der Waals surface area (Å²) in [5.74, 6) is -0.227. The zero-order chi connectivity index (χ0) is 16.9. The molecule has 2 rings (SSSR count). The molecule has 0 saturated carbocycles. The summed E-state index contributed by atoms with van der Waals surface area (Å²) in [5.41, 5.74) is 1.83. The van der Waals surface area contributed by atoms with Gasteiger partial charge in [-0.15, -0.1) is 0 Å². The van der Waals surface area contributed by atoms with Crippen molar-refractivity contribution in [3.05, 3.63) is 71.3 Å². The highest BCUT2D eigenvalue weighted by Crippen LogP contribution is 2.35. The minimum atomic E-state index is -0.629. The van der Waals surface area contributed by atoms with Gasteiger partial charge in [0, 0.05) is 0 Å². The summed E-state index contributed by atoms with van der Waals surface area (Å²) in [7, 11) is 1.37. The Morgan fingerprint density at radius 3 is 2.43 bits per heavy atom. The molecule has 0 aromatic heterocycles. The largest absolute Gasteiger partial charge is 0.465 e. The van der Waals surface area contributed by atoms with Crippen LogP contribution in [0.5, 0.6) is 0 Å². The second kappa shape index (κ2) is 7.11. The molecule has 1 unspecified atom stereocenters. The van der Waals surface area contributed by atoms with Crippen molar-refractivity contribution >= 4 is 5.97 Å². The van der Waals surface area contributed by atoms with Crippen molar-refractivity contribution in [3.63, 3.8) is 0 Å². The Morgan fingerprint density at radius 2 is 1.87 bits per heavy atom. The van der Waals surface area contributed by atoms with E-state index in [1.54, 1.807) is 6.07 Å². The van der Waals surface area contributed by atoms with Crippen LogP contribution in [-0.4, -0.2) is 13.1 Å². The Labute approximate surface area is 137 Å². The quantitative estimate of drug-likeness (QED) is 0.780. The molecule has 0 N–H and O–H groups in total. The van der Waals surface area contributed by atoms with Crippen molar-refractivity contribution in [3.8, 4) is 6.07 Å². The molecule has 0 spiro atoms. The fourth-order valence-electron chi connectivity index (χ4n) is 2.86. The van der Waals surface area contributed by atoms with Crippen LogP contribution in [0.15, 0.2) is 54.6 Å². The van der Waals surface area contributed by atoms with Crippen LogP contribution >= 0.6 is 0 Å². The van der Waals surface area contributed by atoms with Crippen LogP contribution in [-0.2, 0) is 16.6 Å². The number of nitrogens with zero attached hydrogens (tertiary/aromatic N) is 1. The van der Waals surface area contributed by atoms with Gasteiger partial charge in [0.25, 0.3) is 0 Å². The molecule has 2 aromatic rings. The molecule has 1 atom stereocenters. The van der Waals surface area contributed by atoms with E-state index in [-0.39, 0.29) is 11.9 Å². The molecule has 0 bridgehead atoms. The summed E-state index contributed by atoms with van der Waals surface area (Å²) in [6.07, 6.45) is 0.552. The zero-order valence-electron chi connectivity index (χ0n) is 13.7.